The number of aromatic nitrogens is 2. The summed E-state index contributed by atoms with van der Waals surface area (Å²) < 4.78 is 36.1. The van der Waals surface area contributed by atoms with E-state index in [-0.39, 0.29) is 36.1 Å². The molecule has 0 radical (unpaired) electrons. The van der Waals surface area contributed by atoms with Crippen LogP contribution in [-0.4, -0.2) is 61.4 Å². The van der Waals surface area contributed by atoms with Crippen LogP contribution >= 0.6 is 11.6 Å². The lowest BCUT2D eigenvalue weighted by Crippen LogP contribution is -2.44. The van der Waals surface area contributed by atoms with Crippen LogP contribution in [0.15, 0.2) is 41.3 Å². The number of nitrogens with two attached hydrogens (primary N) is 1. The third-order valence-electron chi connectivity index (χ3n) is 6.16. The fourth-order valence-electron chi connectivity index (χ4n) is 4.14. The van der Waals surface area contributed by atoms with Gasteiger partial charge in [-0.15, -0.1) is 0 Å². The van der Waals surface area contributed by atoms with Gasteiger partial charge >= 0.3 is 10.2 Å². The number of halogens is 1. The molecule has 4 rings (SSSR count). The van der Waals surface area contributed by atoms with E-state index in [0.29, 0.717) is 44.0 Å². The van der Waals surface area contributed by atoms with E-state index < -0.39 is 15.8 Å². The standard InChI is InChI=1S/C21H29ClN6O4S/c22-20-19(24-12-15-14-32-11-8-18(15)23)13-25-28(21(20)29)17-6-9-27(10-7-17)33(30,31)26-16-4-2-1-3-5-16/h1-5,13,15,17-18,24,26H,6-12,14,23H2/t15-,18-/m1/s1. The number of rotatable bonds is 7. The Kier molecular flexibility index (Phi) is 7.55. The van der Waals surface area contributed by atoms with Gasteiger partial charge in [-0.1, -0.05) is 29.8 Å². The topological polar surface area (TPSA) is 132 Å². The number of hydrogen-bond acceptors (Lipinski definition) is 7. The predicted octanol–water partition coefficient (Wildman–Crippen LogP) is 1.67. The summed E-state index contributed by atoms with van der Waals surface area (Å²) >= 11 is 6.35. The molecule has 0 spiro atoms. The van der Waals surface area contributed by atoms with Crippen LogP contribution in [0.2, 0.25) is 5.02 Å². The average Bonchev–Trinajstić information content (AvgIpc) is 2.81. The van der Waals surface area contributed by atoms with Gasteiger partial charge in [0.05, 0.1) is 24.5 Å². The van der Waals surface area contributed by atoms with E-state index in [1.54, 1.807) is 30.5 Å². The van der Waals surface area contributed by atoms with Crippen molar-refractivity contribution < 1.29 is 13.2 Å². The van der Waals surface area contributed by atoms with Gasteiger partial charge in [0.25, 0.3) is 5.56 Å². The number of para-hydroxylation sites is 1. The maximum Gasteiger partial charge on any atom is 0.301 e. The van der Waals surface area contributed by atoms with E-state index in [4.69, 9.17) is 22.1 Å². The van der Waals surface area contributed by atoms with Crippen molar-refractivity contribution in [3.8, 4) is 0 Å². The Hall–Kier alpha value is -2.18. The van der Waals surface area contributed by atoms with Crippen LogP contribution in [0.4, 0.5) is 11.4 Å². The van der Waals surface area contributed by atoms with Crippen molar-refractivity contribution in [3.63, 3.8) is 0 Å². The highest BCUT2D eigenvalue weighted by atomic mass is 35.5. The third-order valence-corrected chi connectivity index (χ3v) is 8.06. The minimum Gasteiger partial charge on any atom is -0.382 e. The first-order valence-electron chi connectivity index (χ1n) is 11.0. The van der Waals surface area contributed by atoms with Crippen LogP contribution in [0.5, 0.6) is 0 Å². The Labute approximate surface area is 198 Å². The van der Waals surface area contributed by atoms with Crippen molar-refractivity contribution in [2.24, 2.45) is 11.7 Å². The number of nitrogens with zero attached hydrogens (tertiary/aromatic N) is 3. The molecule has 3 heterocycles. The van der Waals surface area contributed by atoms with Gasteiger partial charge < -0.3 is 15.8 Å². The molecule has 180 valence electrons. The van der Waals surface area contributed by atoms with Crippen LogP contribution in [0.1, 0.15) is 25.3 Å². The lowest BCUT2D eigenvalue weighted by Gasteiger charge is -2.31. The summed E-state index contributed by atoms with van der Waals surface area (Å²) in [5.74, 6) is 0.132. The molecule has 2 aliphatic rings. The van der Waals surface area contributed by atoms with Gasteiger partial charge in [0.1, 0.15) is 5.02 Å². The Balaban J connectivity index is 1.37. The number of piperidine rings is 1. The van der Waals surface area contributed by atoms with Crippen LogP contribution < -0.4 is 21.3 Å². The maximum atomic E-state index is 12.9. The van der Waals surface area contributed by atoms with Crippen LogP contribution in [-0.2, 0) is 14.9 Å². The SMILES string of the molecule is N[C@@H]1CCOC[C@H]1CNc1cnn(C2CCN(S(=O)(=O)Nc3ccccc3)CC2)c(=O)c1Cl. The van der Waals surface area contributed by atoms with E-state index in [1.807, 2.05) is 6.07 Å². The van der Waals surface area contributed by atoms with Gasteiger partial charge in [-0.25, -0.2) is 4.68 Å². The molecule has 0 aliphatic carbocycles. The molecular weight excluding hydrogens is 468 g/mol. The summed E-state index contributed by atoms with van der Waals surface area (Å²) in [6.45, 7) is 2.32. The Morgan fingerprint density at radius 1 is 1.18 bits per heavy atom. The van der Waals surface area contributed by atoms with Crippen molar-refractivity contribution in [1.29, 1.82) is 0 Å². The molecule has 10 nitrogen and oxygen atoms in total. The smallest absolute Gasteiger partial charge is 0.301 e. The van der Waals surface area contributed by atoms with E-state index in [2.05, 4.69) is 15.1 Å². The molecule has 4 N–H and O–H groups in total. The average molecular weight is 497 g/mol. The number of benzene rings is 1. The summed E-state index contributed by atoms with van der Waals surface area (Å²) in [6.07, 6.45) is 3.26. The number of ether oxygens (including phenoxy) is 1. The van der Waals surface area contributed by atoms with Crippen molar-refractivity contribution in [3.05, 3.63) is 51.9 Å². The Morgan fingerprint density at radius 2 is 1.91 bits per heavy atom. The molecule has 12 heteroatoms. The monoisotopic (exact) mass is 496 g/mol. The molecule has 2 fully saturated rings. The maximum absolute atomic E-state index is 12.9. The lowest BCUT2D eigenvalue weighted by molar-refractivity contribution is 0.0469. The zero-order valence-corrected chi connectivity index (χ0v) is 19.8. The highest BCUT2D eigenvalue weighted by Crippen LogP contribution is 2.25. The predicted molar refractivity (Wildman–Crippen MR) is 128 cm³/mol. The summed E-state index contributed by atoms with van der Waals surface area (Å²) in [6, 6.07) is 8.55. The molecule has 1 aromatic heterocycles. The first-order valence-corrected chi connectivity index (χ1v) is 12.8. The number of nitrogens with one attached hydrogen (secondary N) is 2. The Bertz CT molecular complexity index is 1110. The van der Waals surface area contributed by atoms with Crippen molar-refractivity contribution >= 4 is 33.2 Å². The number of anilines is 2. The summed E-state index contributed by atoms with van der Waals surface area (Å²) in [7, 11) is -3.67. The first-order chi connectivity index (χ1) is 15.8. The van der Waals surface area contributed by atoms with E-state index >= 15 is 0 Å². The second-order valence-electron chi connectivity index (χ2n) is 8.39. The molecular formula is C21H29ClN6O4S. The lowest BCUT2D eigenvalue weighted by atomic mass is 9.97. The molecule has 0 saturated carbocycles. The Morgan fingerprint density at radius 3 is 2.61 bits per heavy atom. The molecule has 2 aliphatic heterocycles. The van der Waals surface area contributed by atoms with Crippen molar-refractivity contribution in [2.75, 3.05) is 42.9 Å². The molecule has 2 atom stereocenters. The summed E-state index contributed by atoms with van der Waals surface area (Å²) in [5.41, 5.74) is 6.71. The van der Waals surface area contributed by atoms with Crippen LogP contribution in [0, 0.1) is 5.92 Å². The highest BCUT2D eigenvalue weighted by Gasteiger charge is 2.30. The molecule has 0 bridgehead atoms. The molecule has 1 aromatic carbocycles. The van der Waals surface area contributed by atoms with E-state index in [1.165, 1.54) is 8.99 Å². The van der Waals surface area contributed by atoms with E-state index in [0.717, 1.165) is 6.42 Å². The molecule has 2 aromatic rings. The quantitative estimate of drug-likeness (QED) is 0.531. The summed E-state index contributed by atoms with van der Waals surface area (Å²) in [5, 5.41) is 7.55. The highest BCUT2D eigenvalue weighted by molar-refractivity contribution is 7.90. The molecule has 0 amide bonds. The fourth-order valence-corrected chi connectivity index (χ4v) is 5.60. The zero-order valence-electron chi connectivity index (χ0n) is 18.2. The third kappa shape index (κ3) is 5.67. The minimum atomic E-state index is -3.67. The minimum absolute atomic E-state index is 0.0381. The van der Waals surface area contributed by atoms with Gasteiger partial charge in [-0.2, -0.15) is 17.8 Å². The molecule has 33 heavy (non-hydrogen) atoms. The van der Waals surface area contributed by atoms with Gasteiger partial charge in [0.2, 0.25) is 0 Å². The van der Waals surface area contributed by atoms with E-state index in [9.17, 15) is 13.2 Å². The summed E-state index contributed by atoms with van der Waals surface area (Å²) in [4.78, 5) is 12.9. The van der Waals surface area contributed by atoms with Crippen molar-refractivity contribution in [1.82, 2.24) is 14.1 Å². The second kappa shape index (κ2) is 10.4. The largest absolute Gasteiger partial charge is 0.382 e. The van der Waals surface area contributed by atoms with Gasteiger partial charge in [0, 0.05) is 43.9 Å². The first kappa shape index (κ1) is 24.0. The van der Waals surface area contributed by atoms with Gasteiger partial charge in [0.15, 0.2) is 0 Å². The normalized spacial score (nSPS) is 22.7. The van der Waals surface area contributed by atoms with Crippen molar-refractivity contribution in [2.45, 2.75) is 31.3 Å². The van der Waals surface area contributed by atoms with Crippen LogP contribution in [0.25, 0.3) is 0 Å². The second-order valence-corrected chi connectivity index (χ2v) is 10.4. The van der Waals surface area contributed by atoms with Gasteiger partial charge in [-0.05, 0) is 31.4 Å². The van der Waals surface area contributed by atoms with Gasteiger partial charge in [-0.3, -0.25) is 9.52 Å². The molecule has 0 unspecified atom stereocenters. The molecule has 2 saturated heterocycles. The number of hydrogen-bond donors (Lipinski definition) is 3. The van der Waals surface area contributed by atoms with Crippen LogP contribution in [0.3, 0.4) is 0 Å². The zero-order chi connectivity index (χ0) is 23.4. The fraction of sp³-hybridized carbons (Fsp3) is 0.524.